The average Bonchev–Trinajstić information content (AvgIpc) is 1.98. The quantitative estimate of drug-likeness (QED) is 0.604. The molecule has 0 heterocycles. The smallest absolute Gasteiger partial charge is 0.325 e. The molecule has 0 aromatic rings. The van der Waals surface area contributed by atoms with Crippen molar-refractivity contribution in [3.05, 3.63) is 24.1 Å². The molecule has 0 aliphatic rings. The Kier molecular flexibility index (Phi) is 4.65. The van der Waals surface area contributed by atoms with E-state index in [1.165, 1.54) is 11.8 Å². The molecule has 1 atom stereocenters. The van der Waals surface area contributed by atoms with Crippen molar-refractivity contribution >= 4 is 17.7 Å². The lowest BCUT2D eigenvalue weighted by molar-refractivity contribution is -0.137. The first kappa shape index (κ1) is 10.3. The fraction of sp³-hybridized carbons (Fsp3) is 0.286. The Labute approximate surface area is 70.0 Å². The lowest BCUT2D eigenvalue weighted by Gasteiger charge is -2.07. The maximum atomic E-state index is 10.3. The molecule has 0 aliphatic carbocycles. The van der Waals surface area contributed by atoms with Crippen molar-refractivity contribution < 1.29 is 9.90 Å². The van der Waals surface area contributed by atoms with Crippen LogP contribution >= 0.6 is 11.8 Å². The summed E-state index contributed by atoms with van der Waals surface area (Å²) in [6.07, 6.45) is 1.67. The Morgan fingerprint density at radius 3 is 2.73 bits per heavy atom. The van der Waals surface area contributed by atoms with Gasteiger partial charge < -0.3 is 10.8 Å². The van der Waals surface area contributed by atoms with Crippen LogP contribution in [-0.2, 0) is 4.79 Å². The summed E-state index contributed by atoms with van der Waals surface area (Å²) >= 11 is 1.29. The molecule has 0 bridgehead atoms. The Hall–Kier alpha value is -0.740. The number of carbonyl (C=O) groups is 1. The van der Waals surface area contributed by atoms with Gasteiger partial charge >= 0.3 is 5.97 Å². The molecule has 0 saturated carbocycles. The monoisotopic (exact) mass is 173 g/mol. The van der Waals surface area contributed by atoms with Crippen molar-refractivity contribution in [3.8, 4) is 0 Å². The van der Waals surface area contributed by atoms with Crippen LogP contribution in [0.15, 0.2) is 24.1 Å². The molecule has 62 valence electrons. The Bertz CT molecular complexity index is 179. The number of thioether (sulfide) groups is 1. The van der Waals surface area contributed by atoms with Crippen molar-refractivity contribution in [1.29, 1.82) is 0 Å². The van der Waals surface area contributed by atoms with E-state index in [-0.39, 0.29) is 0 Å². The van der Waals surface area contributed by atoms with Crippen molar-refractivity contribution in [2.24, 2.45) is 5.73 Å². The first-order valence-electron chi connectivity index (χ1n) is 3.00. The van der Waals surface area contributed by atoms with Crippen LogP contribution < -0.4 is 5.73 Å². The second-order valence-corrected chi connectivity index (χ2v) is 3.03. The predicted octanol–water partition coefficient (Wildman–Crippen LogP) is 0.831. The zero-order valence-electron chi connectivity index (χ0n) is 6.12. The minimum atomic E-state index is -1.05. The Morgan fingerprint density at radius 1 is 1.82 bits per heavy atom. The van der Waals surface area contributed by atoms with E-state index in [0.29, 0.717) is 10.7 Å². The third-order valence-corrected chi connectivity index (χ3v) is 2.03. The van der Waals surface area contributed by atoms with Crippen LogP contribution in [0.4, 0.5) is 0 Å². The van der Waals surface area contributed by atoms with E-state index >= 15 is 0 Å². The number of carboxylic acids is 1. The number of carboxylic acid groups (broad SMARTS) is 1. The van der Waals surface area contributed by atoms with E-state index in [0.717, 1.165) is 0 Å². The minimum Gasteiger partial charge on any atom is -0.480 e. The van der Waals surface area contributed by atoms with Gasteiger partial charge in [0, 0.05) is 10.7 Å². The Balaban J connectivity index is 3.82. The fourth-order valence-corrected chi connectivity index (χ4v) is 1.01. The van der Waals surface area contributed by atoms with Crippen LogP contribution in [0, 0.1) is 0 Å². The minimum absolute atomic E-state index is 0.456. The number of hydrogen-bond acceptors (Lipinski definition) is 3. The van der Waals surface area contributed by atoms with Gasteiger partial charge in [-0.15, -0.1) is 18.3 Å². The van der Waals surface area contributed by atoms with Gasteiger partial charge in [0.1, 0.15) is 6.04 Å². The molecule has 0 radical (unpaired) electrons. The van der Waals surface area contributed by atoms with E-state index in [2.05, 4.69) is 13.2 Å². The van der Waals surface area contributed by atoms with Gasteiger partial charge in [-0.25, -0.2) is 0 Å². The van der Waals surface area contributed by atoms with Gasteiger partial charge in [0.05, 0.1) is 0 Å². The number of hydrogen-bond donors (Lipinski definition) is 2. The maximum absolute atomic E-state index is 10.3. The van der Waals surface area contributed by atoms with E-state index in [1.807, 2.05) is 0 Å². The summed E-state index contributed by atoms with van der Waals surface area (Å²) in [5.41, 5.74) is 5.25. The summed E-state index contributed by atoms with van der Waals surface area (Å²) in [5, 5.41) is 8.43. The third-order valence-electron chi connectivity index (χ3n) is 1.000. The highest BCUT2D eigenvalue weighted by atomic mass is 32.2. The van der Waals surface area contributed by atoms with E-state index in [4.69, 9.17) is 10.8 Å². The second-order valence-electron chi connectivity index (χ2n) is 1.88. The first-order chi connectivity index (χ1) is 5.09. The van der Waals surface area contributed by atoms with Crippen LogP contribution in [0.3, 0.4) is 0 Å². The van der Waals surface area contributed by atoms with Crippen molar-refractivity contribution in [2.45, 2.75) is 6.04 Å². The molecule has 3 nitrogen and oxygen atoms in total. The predicted molar refractivity (Wildman–Crippen MR) is 47.4 cm³/mol. The zero-order chi connectivity index (χ0) is 8.85. The Morgan fingerprint density at radius 2 is 2.36 bits per heavy atom. The molecule has 0 aliphatic heterocycles. The van der Waals surface area contributed by atoms with Crippen LogP contribution in [-0.4, -0.2) is 22.9 Å². The van der Waals surface area contributed by atoms with Crippen molar-refractivity contribution in [1.82, 2.24) is 0 Å². The van der Waals surface area contributed by atoms with Gasteiger partial charge in [-0.2, -0.15) is 0 Å². The van der Waals surface area contributed by atoms with Crippen LogP contribution in [0.1, 0.15) is 0 Å². The normalized spacial score (nSPS) is 12.1. The van der Waals surface area contributed by atoms with Crippen LogP contribution in [0.2, 0.25) is 0 Å². The van der Waals surface area contributed by atoms with E-state index in [1.54, 1.807) is 6.08 Å². The second kappa shape index (κ2) is 4.98. The molecule has 0 saturated heterocycles. The first-order valence-corrected chi connectivity index (χ1v) is 3.99. The van der Waals surface area contributed by atoms with Crippen LogP contribution in [0.25, 0.3) is 0 Å². The molecule has 0 aromatic carbocycles. The SMILES string of the molecule is C=CCSC(=C)C(N)C(=O)O. The van der Waals surface area contributed by atoms with Gasteiger partial charge in [0.2, 0.25) is 0 Å². The van der Waals surface area contributed by atoms with Gasteiger partial charge in [0.25, 0.3) is 0 Å². The zero-order valence-corrected chi connectivity index (χ0v) is 6.93. The number of nitrogens with two attached hydrogens (primary N) is 1. The third kappa shape index (κ3) is 3.85. The van der Waals surface area contributed by atoms with Crippen LogP contribution in [0.5, 0.6) is 0 Å². The molecule has 0 fully saturated rings. The molecular formula is C7H11NO2S. The van der Waals surface area contributed by atoms with Gasteiger partial charge in [0.15, 0.2) is 0 Å². The van der Waals surface area contributed by atoms with E-state index < -0.39 is 12.0 Å². The van der Waals surface area contributed by atoms with Crippen molar-refractivity contribution in [3.63, 3.8) is 0 Å². The summed E-state index contributed by atoms with van der Waals surface area (Å²) in [7, 11) is 0. The highest BCUT2D eigenvalue weighted by molar-refractivity contribution is 8.03. The standard InChI is InChI=1S/C7H11NO2S/c1-3-4-11-5(2)6(8)7(9)10/h3,6H,1-2,4,8H2,(H,9,10). The van der Waals surface area contributed by atoms with Crippen molar-refractivity contribution in [2.75, 3.05) is 5.75 Å². The molecule has 0 aromatic heterocycles. The molecule has 0 amide bonds. The van der Waals surface area contributed by atoms with Gasteiger partial charge in [-0.05, 0) is 0 Å². The maximum Gasteiger partial charge on any atom is 0.325 e. The summed E-state index contributed by atoms with van der Waals surface area (Å²) < 4.78 is 0. The lowest BCUT2D eigenvalue weighted by Crippen LogP contribution is -2.30. The summed E-state index contributed by atoms with van der Waals surface area (Å²) in [6.45, 7) is 7.01. The van der Waals surface area contributed by atoms with Gasteiger partial charge in [-0.1, -0.05) is 12.7 Å². The lowest BCUT2D eigenvalue weighted by atomic mass is 10.3. The van der Waals surface area contributed by atoms with E-state index in [9.17, 15) is 4.79 Å². The molecule has 0 rings (SSSR count). The molecule has 4 heteroatoms. The fourth-order valence-electron chi connectivity index (χ4n) is 0.393. The number of rotatable bonds is 5. The number of aliphatic carboxylic acids is 1. The summed E-state index contributed by atoms with van der Waals surface area (Å²) in [6, 6.07) is -0.972. The summed E-state index contributed by atoms with van der Waals surface area (Å²) in [4.78, 5) is 10.7. The topological polar surface area (TPSA) is 63.3 Å². The highest BCUT2D eigenvalue weighted by Crippen LogP contribution is 2.15. The summed E-state index contributed by atoms with van der Waals surface area (Å²) in [5.74, 6) is -0.411. The van der Waals surface area contributed by atoms with Gasteiger partial charge in [-0.3, -0.25) is 4.79 Å². The highest BCUT2D eigenvalue weighted by Gasteiger charge is 2.14. The molecule has 0 spiro atoms. The molecule has 3 N–H and O–H groups in total. The molecular weight excluding hydrogens is 162 g/mol. The molecule has 11 heavy (non-hydrogen) atoms. The largest absolute Gasteiger partial charge is 0.480 e. The molecule has 1 unspecified atom stereocenters. The average molecular weight is 173 g/mol.